The van der Waals surface area contributed by atoms with E-state index in [1.54, 1.807) is 6.92 Å². The fourth-order valence-electron chi connectivity index (χ4n) is 0.995. The number of rotatable bonds is 4. The third-order valence-corrected chi connectivity index (χ3v) is 2.00. The van der Waals surface area contributed by atoms with Gasteiger partial charge in [0.2, 0.25) is 11.8 Å². The maximum absolute atomic E-state index is 11.4. The van der Waals surface area contributed by atoms with Crippen molar-refractivity contribution < 1.29 is 9.32 Å². The van der Waals surface area contributed by atoms with Gasteiger partial charge in [0, 0.05) is 0 Å². The van der Waals surface area contributed by atoms with Crippen molar-refractivity contribution in [1.82, 2.24) is 15.5 Å². The maximum atomic E-state index is 11.4. The molecule has 84 valence electrons. The van der Waals surface area contributed by atoms with E-state index in [1.807, 2.05) is 13.8 Å². The number of nitrogens with zero attached hydrogens (tertiary/aromatic N) is 2. The van der Waals surface area contributed by atoms with Crippen LogP contribution in [0.5, 0.6) is 0 Å². The number of nitrogens with one attached hydrogen (secondary N) is 1. The molecule has 1 amide bonds. The second kappa shape index (κ2) is 4.88. The summed E-state index contributed by atoms with van der Waals surface area (Å²) in [5.41, 5.74) is 5.65. The number of hydrogen-bond donors (Lipinski definition) is 2. The lowest BCUT2D eigenvalue weighted by molar-refractivity contribution is -0.123. The van der Waals surface area contributed by atoms with Gasteiger partial charge >= 0.3 is 0 Å². The molecule has 1 heterocycles. The van der Waals surface area contributed by atoms with Crippen LogP contribution >= 0.6 is 0 Å². The van der Waals surface area contributed by atoms with E-state index in [-0.39, 0.29) is 18.4 Å². The molecule has 15 heavy (non-hydrogen) atoms. The average molecular weight is 212 g/mol. The van der Waals surface area contributed by atoms with Crippen molar-refractivity contribution in [3.63, 3.8) is 0 Å². The van der Waals surface area contributed by atoms with E-state index in [2.05, 4.69) is 15.5 Å². The smallest absolute Gasteiger partial charge is 0.246 e. The molecule has 3 N–H and O–H groups in total. The zero-order valence-corrected chi connectivity index (χ0v) is 9.15. The second-order valence-electron chi connectivity index (χ2n) is 3.72. The number of nitrogens with two attached hydrogens (primary N) is 1. The summed E-state index contributed by atoms with van der Waals surface area (Å²) in [5, 5.41) is 6.24. The van der Waals surface area contributed by atoms with Gasteiger partial charge in [-0.25, -0.2) is 0 Å². The SMILES string of the molecule is Cc1noc(CNC(=O)[C@H](N)C(C)C)n1. The maximum Gasteiger partial charge on any atom is 0.246 e. The molecule has 1 atom stereocenters. The third-order valence-electron chi connectivity index (χ3n) is 2.00. The van der Waals surface area contributed by atoms with Crippen LogP contribution in [-0.4, -0.2) is 22.1 Å². The Balaban J connectivity index is 2.40. The van der Waals surface area contributed by atoms with Gasteiger partial charge in [-0.2, -0.15) is 4.98 Å². The molecule has 1 rings (SSSR count). The number of carbonyl (C=O) groups excluding carboxylic acids is 1. The highest BCUT2D eigenvalue weighted by molar-refractivity contribution is 5.81. The Kier molecular flexibility index (Phi) is 3.79. The summed E-state index contributed by atoms with van der Waals surface area (Å²) in [7, 11) is 0. The molecule has 0 spiro atoms. The van der Waals surface area contributed by atoms with Gasteiger partial charge in [0.25, 0.3) is 0 Å². The molecule has 0 saturated heterocycles. The number of hydrogen-bond acceptors (Lipinski definition) is 5. The summed E-state index contributed by atoms with van der Waals surface area (Å²) in [6, 6.07) is -0.506. The lowest BCUT2D eigenvalue weighted by Gasteiger charge is -2.14. The highest BCUT2D eigenvalue weighted by atomic mass is 16.5. The van der Waals surface area contributed by atoms with Crippen molar-refractivity contribution >= 4 is 5.91 Å². The van der Waals surface area contributed by atoms with Crippen LogP contribution in [0.1, 0.15) is 25.6 Å². The standard InChI is InChI=1S/C9H16N4O2/c1-5(2)8(10)9(14)11-4-7-12-6(3)13-15-7/h5,8H,4,10H2,1-3H3,(H,11,14)/t8-/m1/s1. The van der Waals surface area contributed by atoms with E-state index in [0.717, 1.165) is 0 Å². The highest BCUT2D eigenvalue weighted by Gasteiger charge is 2.17. The van der Waals surface area contributed by atoms with Gasteiger partial charge < -0.3 is 15.6 Å². The number of aromatic nitrogens is 2. The Morgan fingerprint density at radius 1 is 1.60 bits per heavy atom. The Hall–Kier alpha value is -1.43. The average Bonchev–Trinajstić information content (AvgIpc) is 2.59. The van der Waals surface area contributed by atoms with Crippen molar-refractivity contribution in [3.05, 3.63) is 11.7 Å². The fraction of sp³-hybridized carbons (Fsp3) is 0.667. The minimum atomic E-state index is -0.506. The first-order valence-electron chi connectivity index (χ1n) is 4.83. The van der Waals surface area contributed by atoms with Gasteiger partial charge in [-0.15, -0.1) is 0 Å². The molecule has 0 aliphatic heterocycles. The van der Waals surface area contributed by atoms with Crippen LogP contribution in [-0.2, 0) is 11.3 Å². The first kappa shape index (κ1) is 11.6. The van der Waals surface area contributed by atoms with Gasteiger partial charge in [-0.05, 0) is 12.8 Å². The van der Waals surface area contributed by atoms with Crippen LogP contribution < -0.4 is 11.1 Å². The first-order chi connectivity index (χ1) is 7.00. The zero-order valence-electron chi connectivity index (χ0n) is 9.15. The predicted molar refractivity (Wildman–Crippen MR) is 53.7 cm³/mol. The molecule has 0 fully saturated rings. The van der Waals surface area contributed by atoms with Crippen LogP contribution in [0.25, 0.3) is 0 Å². The van der Waals surface area contributed by atoms with Crippen molar-refractivity contribution in [1.29, 1.82) is 0 Å². The van der Waals surface area contributed by atoms with Crippen LogP contribution in [0.2, 0.25) is 0 Å². The molecule has 6 nitrogen and oxygen atoms in total. The molecular weight excluding hydrogens is 196 g/mol. The lowest BCUT2D eigenvalue weighted by atomic mass is 10.1. The number of carbonyl (C=O) groups is 1. The molecule has 1 aromatic heterocycles. The van der Waals surface area contributed by atoms with Gasteiger partial charge in [0.1, 0.15) is 0 Å². The van der Waals surface area contributed by atoms with Crippen LogP contribution in [0.3, 0.4) is 0 Å². The minimum absolute atomic E-state index is 0.106. The summed E-state index contributed by atoms with van der Waals surface area (Å²) < 4.78 is 4.84. The molecular formula is C9H16N4O2. The number of aryl methyl sites for hydroxylation is 1. The molecule has 0 radical (unpaired) electrons. The van der Waals surface area contributed by atoms with E-state index in [4.69, 9.17) is 10.3 Å². The molecule has 0 aromatic carbocycles. The second-order valence-corrected chi connectivity index (χ2v) is 3.72. The summed E-state index contributed by atoms with van der Waals surface area (Å²) in [6.07, 6.45) is 0. The van der Waals surface area contributed by atoms with E-state index in [0.29, 0.717) is 11.7 Å². The Morgan fingerprint density at radius 2 is 2.27 bits per heavy atom. The molecule has 1 aromatic rings. The summed E-state index contributed by atoms with van der Waals surface area (Å²) >= 11 is 0. The van der Waals surface area contributed by atoms with Gasteiger partial charge in [0.15, 0.2) is 5.82 Å². The monoisotopic (exact) mass is 212 g/mol. The largest absolute Gasteiger partial charge is 0.346 e. The van der Waals surface area contributed by atoms with Crippen molar-refractivity contribution in [2.24, 2.45) is 11.7 Å². The zero-order chi connectivity index (χ0) is 11.4. The number of amides is 1. The Bertz CT molecular complexity index is 335. The highest BCUT2D eigenvalue weighted by Crippen LogP contribution is 1.99. The fourth-order valence-corrected chi connectivity index (χ4v) is 0.995. The molecule has 0 saturated carbocycles. The minimum Gasteiger partial charge on any atom is -0.346 e. The Morgan fingerprint density at radius 3 is 2.73 bits per heavy atom. The van der Waals surface area contributed by atoms with E-state index in [9.17, 15) is 4.79 Å². The lowest BCUT2D eigenvalue weighted by Crippen LogP contribution is -2.43. The van der Waals surface area contributed by atoms with Crippen LogP contribution in [0, 0.1) is 12.8 Å². The molecule has 0 aliphatic carbocycles. The molecule has 0 unspecified atom stereocenters. The van der Waals surface area contributed by atoms with E-state index in [1.165, 1.54) is 0 Å². The van der Waals surface area contributed by atoms with Crippen molar-refractivity contribution in [3.8, 4) is 0 Å². The quantitative estimate of drug-likeness (QED) is 0.731. The van der Waals surface area contributed by atoms with E-state index >= 15 is 0 Å². The van der Waals surface area contributed by atoms with Crippen molar-refractivity contribution in [2.45, 2.75) is 33.4 Å². The van der Waals surface area contributed by atoms with Crippen LogP contribution in [0.15, 0.2) is 4.52 Å². The van der Waals surface area contributed by atoms with Crippen molar-refractivity contribution in [2.75, 3.05) is 0 Å². The summed E-state index contributed by atoms with van der Waals surface area (Å²) in [5.74, 6) is 0.833. The normalized spacial score (nSPS) is 12.9. The molecule has 6 heteroatoms. The first-order valence-corrected chi connectivity index (χ1v) is 4.83. The topological polar surface area (TPSA) is 94.0 Å². The third kappa shape index (κ3) is 3.32. The van der Waals surface area contributed by atoms with Gasteiger partial charge in [-0.1, -0.05) is 19.0 Å². The van der Waals surface area contributed by atoms with Gasteiger partial charge in [-0.3, -0.25) is 4.79 Å². The summed E-state index contributed by atoms with van der Waals surface area (Å²) in [4.78, 5) is 15.4. The van der Waals surface area contributed by atoms with Gasteiger partial charge in [0.05, 0.1) is 12.6 Å². The van der Waals surface area contributed by atoms with Crippen LogP contribution in [0.4, 0.5) is 0 Å². The Labute approximate surface area is 88.2 Å². The molecule has 0 aliphatic rings. The van der Waals surface area contributed by atoms with E-state index < -0.39 is 6.04 Å². The summed E-state index contributed by atoms with van der Waals surface area (Å²) in [6.45, 7) is 5.72. The molecule has 0 bridgehead atoms. The predicted octanol–water partition coefficient (Wildman–Crippen LogP) is -0.0225.